The molecule has 192 valence electrons. The molecular formula is C27H32FN3O4S. The van der Waals surface area contributed by atoms with Crippen molar-refractivity contribution in [2.24, 2.45) is 0 Å². The van der Waals surface area contributed by atoms with E-state index in [-0.39, 0.29) is 17.0 Å². The summed E-state index contributed by atoms with van der Waals surface area (Å²) in [6.45, 7) is 6.27. The smallest absolute Gasteiger partial charge is 0.243 e. The average molecular weight is 514 g/mol. The summed E-state index contributed by atoms with van der Waals surface area (Å²) in [4.78, 5) is 27.5. The third-order valence-electron chi connectivity index (χ3n) is 5.75. The second-order valence-corrected chi connectivity index (χ2v) is 11.8. The topological polar surface area (TPSA) is 86.8 Å². The van der Waals surface area contributed by atoms with Crippen molar-refractivity contribution < 1.29 is 22.4 Å². The van der Waals surface area contributed by atoms with Gasteiger partial charge in [0.2, 0.25) is 21.8 Å². The van der Waals surface area contributed by atoms with Crippen LogP contribution in [-0.2, 0) is 26.2 Å². The van der Waals surface area contributed by atoms with Gasteiger partial charge in [-0.2, -0.15) is 4.31 Å². The number of carbonyl (C=O) groups excluding carboxylic acids is 2. The molecule has 0 heterocycles. The van der Waals surface area contributed by atoms with E-state index in [0.29, 0.717) is 0 Å². The Balaban J connectivity index is 1.87. The largest absolute Gasteiger partial charge is 0.350 e. The molecule has 3 aromatic rings. The van der Waals surface area contributed by atoms with E-state index in [1.807, 2.05) is 45.0 Å². The van der Waals surface area contributed by atoms with E-state index in [1.165, 1.54) is 43.1 Å². The average Bonchev–Trinajstić information content (AvgIpc) is 2.81. The Labute approximate surface area is 212 Å². The minimum atomic E-state index is -4.00. The fourth-order valence-corrected chi connectivity index (χ4v) is 4.90. The van der Waals surface area contributed by atoms with Gasteiger partial charge in [-0.15, -0.1) is 0 Å². The normalized spacial score (nSPS) is 13.0. The molecule has 0 aromatic heterocycles. The van der Waals surface area contributed by atoms with Crippen molar-refractivity contribution >= 4 is 32.6 Å². The van der Waals surface area contributed by atoms with Crippen LogP contribution in [0.1, 0.15) is 33.3 Å². The zero-order valence-corrected chi connectivity index (χ0v) is 22.0. The highest BCUT2D eigenvalue weighted by atomic mass is 32.2. The third-order valence-corrected chi connectivity index (χ3v) is 7.55. The molecule has 0 aliphatic rings. The summed E-state index contributed by atoms with van der Waals surface area (Å²) in [5.41, 5.74) is -0.324. The van der Waals surface area contributed by atoms with Crippen LogP contribution in [0.2, 0.25) is 0 Å². The van der Waals surface area contributed by atoms with E-state index >= 15 is 0 Å². The predicted octanol–water partition coefficient (Wildman–Crippen LogP) is 3.93. The first-order chi connectivity index (χ1) is 16.8. The maximum Gasteiger partial charge on any atom is 0.243 e. The lowest BCUT2D eigenvalue weighted by Gasteiger charge is -2.32. The van der Waals surface area contributed by atoms with Crippen molar-refractivity contribution in [3.63, 3.8) is 0 Å². The van der Waals surface area contributed by atoms with Gasteiger partial charge in [0.25, 0.3) is 0 Å². The molecular weight excluding hydrogens is 481 g/mol. The van der Waals surface area contributed by atoms with Gasteiger partial charge < -0.3 is 10.2 Å². The SMILES string of the molecule is C[C@H](C(=O)NC(C)(C)C)N(Cc1ccccc1F)C(=O)CN(C)S(=O)(=O)c1ccc2ccccc2c1. The third kappa shape index (κ3) is 6.47. The highest BCUT2D eigenvalue weighted by molar-refractivity contribution is 7.89. The molecule has 0 fully saturated rings. The fourth-order valence-electron chi connectivity index (χ4n) is 3.74. The number of sulfonamides is 1. The van der Waals surface area contributed by atoms with Crippen molar-refractivity contribution in [1.82, 2.24) is 14.5 Å². The molecule has 0 saturated carbocycles. The van der Waals surface area contributed by atoms with Crippen LogP contribution in [0.25, 0.3) is 10.8 Å². The quantitative estimate of drug-likeness (QED) is 0.495. The molecule has 0 unspecified atom stereocenters. The summed E-state index contributed by atoms with van der Waals surface area (Å²) >= 11 is 0. The number of amides is 2. The lowest BCUT2D eigenvalue weighted by Crippen LogP contribution is -2.54. The van der Waals surface area contributed by atoms with Crippen LogP contribution in [0, 0.1) is 5.82 Å². The van der Waals surface area contributed by atoms with Crippen LogP contribution >= 0.6 is 0 Å². The van der Waals surface area contributed by atoms with Crippen LogP contribution in [0.15, 0.2) is 71.6 Å². The number of benzene rings is 3. The highest BCUT2D eigenvalue weighted by Crippen LogP contribution is 2.22. The number of halogens is 1. The number of carbonyl (C=O) groups is 2. The number of hydrogen-bond acceptors (Lipinski definition) is 4. The summed E-state index contributed by atoms with van der Waals surface area (Å²) in [7, 11) is -2.69. The Morgan fingerprint density at radius 3 is 2.22 bits per heavy atom. The van der Waals surface area contributed by atoms with Crippen LogP contribution in [-0.4, -0.2) is 54.6 Å². The van der Waals surface area contributed by atoms with Gasteiger partial charge in [-0.05, 0) is 56.7 Å². The number of fused-ring (bicyclic) bond motifs is 1. The second-order valence-electron chi connectivity index (χ2n) is 9.80. The van der Waals surface area contributed by atoms with Crippen molar-refractivity contribution in [2.45, 2.75) is 50.7 Å². The molecule has 0 spiro atoms. The van der Waals surface area contributed by atoms with E-state index in [4.69, 9.17) is 0 Å². The first kappa shape index (κ1) is 27.3. The van der Waals surface area contributed by atoms with Gasteiger partial charge in [-0.1, -0.05) is 48.5 Å². The van der Waals surface area contributed by atoms with Gasteiger partial charge in [-0.3, -0.25) is 9.59 Å². The number of nitrogens with one attached hydrogen (secondary N) is 1. The minimum Gasteiger partial charge on any atom is -0.350 e. The van der Waals surface area contributed by atoms with E-state index in [0.717, 1.165) is 15.1 Å². The Morgan fingerprint density at radius 1 is 0.972 bits per heavy atom. The molecule has 3 rings (SSSR count). The summed E-state index contributed by atoms with van der Waals surface area (Å²) in [6, 6.07) is 17.1. The number of nitrogens with zero attached hydrogens (tertiary/aromatic N) is 2. The molecule has 0 bridgehead atoms. The first-order valence-corrected chi connectivity index (χ1v) is 13.0. The molecule has 0 aliphatic heterocycles. The maximum atomic E-state index is 14.4. The van der Waals surface area contributed by atoms with Crippen LogP contribution in [0.3, 0.4) is 0 Å². The fraction of sp³-hybridized carbons (Fsp3) is 0.333. The zero-order chi connectivity index (χ0) is 26.7. The van der Waals surface area contributed by atoms with Crippen molar-refractivity contribution in [3.05, 3.63) is 78.1 Å². The van der Waals surface area contributed by atoms with Gasteiger partial charge >= 0.3 is 0 Å². The molecule has 0 radical (unpaired) electrons. The molecule has 7 nitrogen and oxygen atoms in total. The number of rotatable bonds is 8. The van der Waals surface area contributed by atoms with E-state index in [9.17, 15) is 22.4 Å². The Bertz CT molecular complexity index is 1370. The maximum absolute atomic E-state index is 14.4. The summed E-state index contributed by atoms with van der Waals surface area (Å²) in [5.74, 6) is -1.57. The molecule has 1 atom stereocenters. The van der Waals surface area contributed by atoms with Crippen LogP contribution in [0.5, 0.6) is 0 Å². The van der Waals surface area contributed by atoms with Crippen molar-refractivity contribution in [1.29, 1.82) is 0 Å². The summed E-state index contributed by atoms with van der Waals surface area (Å²) < 4.78 is 41.9. The number of hydrogen-bond donors (Lipinski definition) is 1. The van der Waals surface area contributed by atoms with Gasteiger partial charge in [0, 0.05) is 24.7 Å². The Kier molecular flexibility index (Phi) is 8.15. The zero-order valence-electron chi connectivity index (χ0n) is 21.2. The lowest BCUT2D eigenvalue weighted by atomic mass is 10.1. The standard InChI is InChI=1S/C27H32FN3O4S/c1-19(26(33)29-27(2,3)4)31(17-22-12-8-9-13-24(22)28)25(32)18-30(5)36(34,35)23-15-14-20-10-6-7-11-21(20)16-23/h6-16,19H,17-18H2,1-5H3,(H,29,33)/t19-/m1/s1. The Morgan fingerprint density at radius 2 is 1.58 bits per heavy atom. The van der Waals surface area contributed by atoms with Crippen LogP contribution < -0.4 is 5.32 Å². The monoisotopic (exact) mass is 513 g/mol. The van der Waals surface area contributed by atoms with Crippen molar-refractivity contribution in [2.75, 3.05) is 13.6 Å². The molecule has 2 amide bonds. The molecule has 0 saturated heterocycles. The molecule has 9 heteroatoms. The Hall–Kier alpha value is -3.30. The van der Waals surface area contributed by atoms with Gasteiger partial charge in [0.05, 0.1) is 11.4 Å². The molecule has 36 heavy (non-hydrogen) atoms. The van der Waals surface area contributed by atoms with E-state index in [2.05, 4.69) is 5.32 Å². The minimum absolute atomic E-state index is 0.0516. The molecule has 0 aliphatic carbocycles. The summed E-state index contributed by atoms with van der Waals surface area (Å²) in [6.07, 6.45) is 0. The molecule has 1 N–H and O–H groups in total. The van der Waals surface area contributed by atoms with Gasteiger partial charge in [0.15, 0.2) is 0 Å². The second kappa shape index (κ2) is 10.8. The van der Waals surface area contributed by atoms with E-state index in [1.54, 1.807) is 18.2 Å². The van der Waals surface area contributed by atoms with E-state index < -0.39 is 45.8 Å². The lowest BCUT2D eigenvalue weighted by molar-refractivity contribution is -0.141. The summed E-state index contributed by atoms with van der Waals surface area (Å²) in [5, 5.41) is 4.47. The first-order valence-electron chi connectivity index (χ1n) is 11.6. The highest BCUT2D eigenvalue weighted by Gasteiger charge is 2.32. The van der Waals surface area contributed by atoms with Crippen LogP contribution in [0.4, 0.5) is 4.39 Å². The number of likely N-dealkylation sites (N-methyl/N-ethyl adjacent to an activating group) is 1. The predicted molar refractivity (Wildman–Crippen MR) is 138 cm³/mol. The van der Waals surface area contributed by atoms with Gasteiger partial charge in [-0.25, -0.2) is 12.8 Å². The van der Waals surface area contributed by atoms with Crippen molar-refractivity contribution in [3.8, 4) is 0 Å². The molecule has 3 aromatic carbocycles. The van der Waals surface area contributed by atoms with Gasteiger partial charge in [0.1, 0.15) is 11.9 Å².